The highest BCUT2D eigenvalue weighted by atomic mass is 16.5. The van der Waals surface area contributed by atoms with Gasteiger partial charge >= 0.3 is 0 Å². The molecule has 0 saturated carbocycles. The molecule has 0 fully saturated rings. The lowest BCUT2D eigenvalue weighted by Gasteiger charge is -2.02. The number of rotatable bonds is 5. The van der Waals surface area contributed by atoms with Crippen LogP contribution in [0, 0.1) is 0 Å². The Labute approximate surface area is 84.2 Å². The van der Waals surface area contributed by atoms with Gasteiger partial charge in [-0.05, 0) is 18.6 Å². The van der Waals surface area contributed by atoms with Crippen molar-refractivity contribution in [1.29, 1.82) is 0 Å². The fourth-order valence-corrected chi connectivity index (χ4v) is 1.17. The lowest BCUT2D eigenvalue weighted by atomic mass is 10.1. The van der Waals surface area contributed by atoms with E-state index in [-0.39, 0.29) is 5.78 Å². The molecule has 14 heavy (non-hydrogen) atoms. The predicted molar refractivity (Wildman–Crippen MR) is 56.8 cm³/mol. The first-order chi connectivity index (χ1) is 6.77. The standard InChI is InChI=1S/C12H14O2/c1-3-4-8-12(13)10-6-5-7-11(9-10)14-2/h3,5-7,9H,1,4,8H2,2H3. The number of ether oxygens (including phenoxy) is 1. The van der Waals surface area contributed by atoms with Crippen LogP contribution in [0.15, 0.2) is 36.9 Å². The minimum absolute atomic E-state index is 0.129. The lowest BCUT2D eigenvalue weighted by Crippen LogP contribution is -1.98. The molecular formula is C12H14O2. The zero-order chi connectivity index (χ0) is 10.4. The van der Waals surface area contributed by atoms with Crippen molar-refractivity contribution < 1.29 is 9.53 Å². The molecule has 0 radical (unpaired) electrons. The van der Waals surface area contributed by atoms with E-state index in [1.807, 2.05) is 12.1 Å². The Morgan fingerprint density at radius 3 is 3.00 bits per heavy atom. The summed E-state index contributed by atoms with van der Waals surface area (Å²) in [7, 11) is 1.59. The summed E-state index contributed by atoms with van der Waals surface area (Å²) in [4.78, 5) is 11.6. The van der Waals surface area contributed by atoms with Crippen LogP contribution in [-0.2, 0) is 0 Å². The number of Topliss-reactive ketones (excluding diaryl/α,β-unsaturated/α-hetero) is 1. The molecule has 1 rings (SSSR count). The molecule has 2 nitrogen and oxygen atoms in total. The Bertz CT molecular complexity index is 329. The summed E-state index contributed by atoms with van der Waals surface area (Å²) in [5.74, 6) is 0.846. The van der Waals surface area contributed by atoms with Crippen molar-refractivity contribution >= 4 is 5.78 Å². The molecule has 0 amide bonds. The van der Waals surface area contributed by atoms with E-state index in [1.165, 1.54) is 0 Å². The van der Waals surface area contributed by atoms with Crippen LogP contribution in [0.5, 0.6) is 5.75 Å². The molecule has 0 unspecified atom stereocenters. The molecule has 0 heterocycles. The third kappa shape index (κ3) is 2.73. The number of hydrogen-bond acceptors (Lipinski definition) is 2. The zero-order valence-electron chi connectivity index (χ0n) is 8.32. The topological polar surface area (TPSA) is 26.3 Å². The Morgan fingerprint density at radius 1 is 1.57 bits per heavy atom. The second kappa shape index (κ2) is 5.22. The SMILES string of the molecule is C=CCCC(=O)c1cccc(OC)c1. The minimum atomic E-state index is 0.129. The fraction of sp³-hybridized carbons (Fsp3) is 0.250. The highest BCUT2D eigenvalue weighted by Crippen LogP contribution is 2.14. The number of hydrogen-bond donors (Lipinski definition) is 0. The van der Waals surface area contributed by atoms with Crippen LogP contribution in [0.1, 0.15) is 23.2 Å². The first-order valence-corrected chi connectivity index (χ1v) is 4.56. The molecule has 0 N–H and O–H groups in total. The van der Waals surface area contributed by atoms with Gasteiger partial charge < -0.3 is 4.74 Å². The second-order valence-electron chi connectivity index (χ2n) is 2.98. The molecule has 0 saturated heterocycles. The van der Waals surface area contributed by atoms with E-state index in [2.05, 4.69) is 6.58 Å². The molecule has 0 aliphatic rings. The summed E-state index contributed by atoms with van der Waals surface area (Å²) in [6.45, 7) is 3.58. The molecule has 74 valence electrons. The first kappa shape index (κ1) is 10.5. The third-order valence-electron chi connectivity index (χ3n) is 1.97. The summed E-state index contributed by atoms with van der Waals surface area (Å²) < 4.78 is 5.04. The van der Waals surface area contributed by atoms with Crippen molar-refractivity contribution in [2.45, 2.75) is 12.8 Å². The van der Waals surface area contributed by atoms with Gasteiger partial charge in [-0.1, -0.05) is 18.2 Å². The van der Waals surface area contributed by atoms with E-state index >= 15 is 0 Å². The average molecular weight is 190 g/mol. The van der Waals surface area contributed by atoms with Crippen LogP contribution >= 0.6 is 0 Å². The van der Waals surface area contributed by atoms with Crippen molar-refractivity contribution in [2.75, 3.05) is 7.11 Å². The molecule has 0 aliphatic heterocycles. The summed E-state index contributed by atoms with van der Waals surface area (Å²) in [6, 6.07) is 7.20. The first-order valence-electron chi connectivity index (χ1n) is 4.56. The van der Waals surface area contributed by atoms with Gasteiger partial charge in [0.2, 0.25) is 0 Å². The van der Waals surface area contributed by atoms with Crippen LogP contribution in [0.2, 0.25) is 0 Å². The van der Waals surface area contributed by atoms with Gasteiger partial charge in [0.25, 0.3) is 0 Å². The van der Waals surface area contributed by atoms with Crippen molar-refractivity contribution in [2.24, 2.45) is 0 Å². The molecule has 1 aromatic carbocycles. The van der Waals surface area contributed by atoms with Crippen LogP contribution in [0.3, 0.4) is 0 Å². The van der Waals surface area contributed by atoms with Crippen LogP contribution in [-0.4, -0.2) is 12.9 Å². The van der Waals surface area contributed by atoms with E-state index in [1.54, 1.807) is 25.3 Å². The number of ketones is 1. The summed E-state index contributed by atoms with van der Waals surface area (Å²) in [5, 5.41) is 0. The Hall–Kier alpha value is -1.57. The Kier molecular flexibility index (Phi) is 3.92. The predicted octanol–water partition coefficient (Wildman–Crippen LogP) is 2.84. The largest absolute Gasteiger partial charge is 0.497 e. The van der Waals surface area contributed by atoms with Gasteiger partial charge in [-0.3, -0.25) is 4.79 Å². The maximum Gasteiger partial charge on any atom is 0.163 e. The summed E-state index contributed by atoms with van der Waals surface area (Å²) in [6.07, 6.45) is 2.98. The van der Waals surface area contributed by atoms with Crippen molar-refractivity contribution in [3.63, 3.8) is 0 Å². The smallest absolute Gasteiger partial charge is 0.163 e. The average Bonchev–Trinajstić information content (AvgIpc) is 2.26. The molecule has 0 aliphatic carbocycles. The Morgan fingerprint density at radius 2 is 2.36 bits per heavy atom. The van der Waals surface area contributed by atoms with E-state index in [0.717, 1.165) is 12.2 Å². The summed E-state index contributed by atoms with van der Waals surface area (Å²) >= 11 is 0. The zero-order valence-corrected chi connectivity index (χ0v) is 8.32. The lowest BCUT2D eigenvalue weighted by molar-refractivity contribution is 0.0983. The monoisotopic (exact) mass is 190 g/mol. The van der Waals surface area contributed by atoms with E-state index in [9.17, 15) is 4.79 Å². The third-order valence-corrected chi connectivity index (χ3v) is 1.97. The van der Waals surface area contributed by atoms with Crippen LogP contribution < -0.4 is 4.74 Å². The van der Waals surface area contributed by atoms with Gasteiger partial charge in [0.05, 0.1) is 7.11 Å². The van der Waals surface area contributed by atoms with Crippen molar-refractivity contribution in [3.8, 4) is 5.75 Å². The number of benzene rings is 1. The van der Waals surface area contributed by atoms with E-state index < -0.39 is 0 Å². The van der Waals surface area contributed by atoms with Gasteiger partial charge in [0.15, 0.2) is 5.78 Å². The highest BCUT2D eigenvalue weighted by molar-refractivity contribution is 5.96. The highest BCUT2D eigenvalue weighted by Gasteiger charge is 2.04. The molecule has 1 aromatic rings. The summed E-state index contributed by atoms with van der Waals surface area (Å²) in [5.41, 5.74) is 0.700. The number of methoxy groups -OCH3 is 1. The molecular weight excluding hydrogens is 176 g/mol. The normalized spacial score (nSPS) is 9.50. The minimum Gasteiger partial charge on any atom is -0.497 e. The Balaban J connectivity index is 2.73. The van der Waals surface area contributed by atoms with Gasteiger partial charge in [-0.2, -0.15) is 0 Å². The number of allylic oxidation sites excluding steroid dienone is 1. The van der Waals surface area contributed by atoms with Gasteiger partial charge in [0.1, 0.15) is 5.75 Å². The quantitative estimate of drug-likeness (QED) is 0.527. The second-order valence-corrected chi connectivity index (χ2v) is 2.98. The molecule has 0 bridgehead atoms. The van der Waals surface area contributed by atoms with Gasteiger partial charge in [0, 0.05) is 12.0 Å². The fourth-order valence-electron chi connectivity index (χ4n) is 1.17. The molecule has 0 spiro atoms. The number of carbonyl (C=O) groups is 1. The van der Waals surface area contributed by atoms with Crippen molar-refractivity contribution in [3.05, 3.63) is 42.5 Å². The van der Waals surface area contributed by atoms with Gasteiger partial charge in [-0.25, -0.2) is 0 Å². The van der Waals surface area contributed by atoms with Crippen molar-refractivity contribution in [1.82, 2.24) is 0 Å². The van der Waals surface area contributed by atoms with Gasteiger partial charge in [-0.15, -0.1) is 6.58 Å². The maximum atomic E-state index is 11.6. The maximum absolute atomic E-state index is 11.6. The molecule has 0 aromatic heterocycles. The van der Waals surface area contributed by atoms with Crippen LogP contribution in [0.25, 0.3) is 0 Å². The van der Waals surface area contributed by atoms with Crippen LogP contribution in [0.4, 0.5) is 0 Å². The molecule has 2 heteroatoms. The molecule has 0 atom stereocenters. The van der Waals surface area contributed by atoms with E-state index in [4.69, 9.17) is 4.74 Å². The van der Waals surface area contributed by atoms with E-state index in [0.29, 0.717) is 12.0 Å². The number of carbonyl (C=O) groups excluding carboxylic acids is 1.